The van der Waals surface area contributed by atoms with E-state index >= 15 is 0 Å². The number of benzene rings is 3. The van der Waals surface area contributed by atoms with Crippen LogP contribution < -0.4 is 4.90 Å². The lowest BCUT2D eigenvalue weighted by Gasteiger charge is -2.44. The molecule has 176 valence electrons. The summed E-state index contributed by atoms with van der Waals surface area (Å²) < 4.78 is 33.9. The molecule has 0 amide bonds. The van der Waals surface area contributed by atoms with Crippen molar-refractivity contribution in [2.24, 2.45) is 0 Å². The number of ether oxygens (including phenoxy) is 1. The molecule has 0 N–H and O–H groups in total. The average Bonchev–Trinajstić information content (AvgIpc) is 2.89. The van der Waals surface area contributed by atoms with Crippen LogP contribution in [0.2, 0.25) is 0 Å². The number of carbonyl (C=O) groups excluding carboxylic acids is 1. The second-order valence-corrected chi connectivity index (χ2v) is 10.1. The number of esters is 1. The van der Waals surface area contributed by atoms with Crippen molar-refractivity contribution >= 4 is 33.5 Å². The van der Waals surface area contributed by atoms with E-state index in [9.17, 15) is 13.2 Å². The van der Waals surface area contributed by atoms with E-state index in [2.05, 4.69) is 4.90 Å². The molecule has 0 saturated heterocycles. The predicted octanol–water partition coefficient (Wildman–Crippen LogP) is 4.96. The van der Waals surface area contributed by atoms with Crippen molar-refractivity contribution in [3.05, 3.63) is 120 Å². The lowest BCUT2D eigenvalue weighted by Crippen LogP contribution is -2.47. The first-order valence-corrected chi connectivity index (χ1v) is 12.6. The van der Waals surface area contributed by atoms with E-state index in [-0.39, 0.29) is 10.6 Å². The summed E-state index contributed by atoms with van der Waals surface area (Å²) in [6.45, 7) is 1.90. The van der Waals surface area contributed by atoms with Gasteiger partial charge in [-0.05, 0) is 36.2 Å². The van der Waals surface area contributed by atoms with E-state index in [1.165, 1.54) is 17.5 Å². The van der Waals surface area contributed by atoms with Gasteiger partial charge in [-0.1, -0.05) is 78.4 Å². The number of nitrogens with zero attached hydrogens (tertiary/aromatic N) is 2. The number of rotatable bonds is 4. The Morgan fingerprint density at radius 1 is 0.943 bits per heavy atom. The van der Waals surface area contributed by atoms with Crippen molar-refractivity contribution in [3.63, 3.8) is 0 Å². The van der Waals surface area contributed by atoms with Crippen LogP contribution in [0.4, 0.5) is 5.69 Å². The maximum atomic E-state index is 13.9. The van der Waals surface area contributed by atoms with Crippen LogP contribution in [0.1, 0.15) is 16.7 Å². The highest BCUT2D eigenvalue weighted by Gasteiger charge is 2.40. The minimum Gasteiger partial charge on any atom is -0.466 e. The minimum absolute atomic E-state index is 0.135. The summed E-state index contributed by atoms with van der Waals surface area (Å²) in [6, 6.07) is 23.6. The van der Waals surface area contributed by atoms with Gasteiger partial charge in [0, 0.05) is 18.0 Å². The standard InChI is InChI=1S/C28H24N2O4S/c1-20-12-15-23(16-13-20)35(32,33)29-19-27(21-8-4-3-5-9-21)30-24-11-7-6-10-22(24)14-17-25(30)26(29)18-28(31)34-2/h3-19,25H,1-2H3/b26-18+. The third-order valence-corrected chi connectivity index (χ3v) is 7.81. The highest BCUT2D eigenvalue weighted by molar-refractivity contribution is 7.89. The molecule has 1 atom stereocenters. The number of anilines is 1. The van der Waals surface area contributed by atoms with Gasteiger partial charge in [-0.2, -0.15) is 0 Å². The van der Waals surface area contributed by atoms with Crippen molar-refractivity contribution in [2.45, 2.75) is 17.9 Å². The van der Waals surface area contributed by atoms with Gasteiger partial charge in [0.25, 0.3) is 10.0 Å². The van der Waals surface area contributed by atoms with Gasteiger partial charge in [-0.15, -0.1) is 0 Å². The number of para-hydroxylation sites is 1. The first kappa shape index (κ1) is 22.7. The fourth-order valence-electron chi connectivity index (χ4n) is 4.35. The molecule has 3 aromatic carbocycles. The molecule has 0 radical (unpaired) electrons. The Balaban J connectivity index is 1.79. The number of hydrogen-bond acceptors (Lipinski definition) is 5. The molecular formula is C28H24N2O4S. The molecule has 0 bridgehead atoms. The molecule has 6 nitrogen and oxygen atoms in total. The molecule has 2 heterocycles. The molecule has 35 heavy (non-hydrogen) atoms. The van der Waals surface area contributed by atoms with Crippen LogP contribution >= 0.6 is 0 Å². The van der Waals surface area contributed by atoms with Gasteiger partial charge in [-0.25, -0.2) is 17.5 Å². The van der Waals surface area contributed by atoms with Gasteiger partial charge in [0.2, 0.25) is 0 Å². The molecule has 0 aromatic heterocycles. The van der Waals surface area contributed by atoms with Gasteiger partial charge >= 0.3 is 5.97 Å². The lowest BCUT2D eigenvalue weighted by atomic mass is 9.96. The van der Waals surface area contributed by atoms with Gasteiger partial charge in [0.1, 0.15) is 0 Å². The maximum Gasteiger partial charge on any atom is 0.332 e. The van der Waals surface area contributed by atoms with E-state index < -0.39 is 22.0 Å². The molecule has 3 aromatic rings. The van der Waals surface area contributed by atoms with Crippen molar-refractivity contribution in [1.82, 2.24) is 4.31 Å². The fourth-order valence-corrected chi connectivity index (χ4v) is 5.73. The van der Waals surface area contributed by atoms with E-state index in [4.69, 9.17) is 4.74 Å². The smallest absolute Gasteiger partial charge is 0.332 e. The Bertz CT molecular complexity index is 1470. The summed E-state index contributed by atoms with van der Waals surface area (Å²) in [6.07, 6.45) is 6.70. The molecule has 7 heteroatoms. The first-order chi connectivity index (χ1) is 16.9. The summed E-state index contributed by atoms with van der Waals surface area (Å²) in [5, 5.41) is 0. The van der Waals surface area contributed by atoms with E-state index in [1.54, 1.807) is 30.5 Å². The zero-order valence-electron chi connectivity index (χ0n) is 19.3. The normalized spacial score (nSPS) is 18.1. The van der Waals surface area contributed by atoms with Crippen molar-refractivity contribution in [3.8, 4) is 0 Å². The molecule has 5 rings (SSSR count). The van der Waals surface area contributed by atoms with Crippen molar-refractivity contribution in [2.75, 3.05) is 12.0 Å². The van der Waals surface area contributed by atoms with Crippen molar-refractivity contribution in [1.29, 1.82) is 0 Å². The minimum atomic E-state index is -4.03. The summed E-state index contributed by atoms with van der Waals surface area (Å²) in [5.74, 6) is -0.632. The molecule has 0 aliphatic carbocycles. The number of carbonyl (C=O) groups is 1. The summed E-state index contributed by atoms with van der Waals surface area (Å²) in [4.78, 5) is 14.6. The van der Waals surface area contributed by atoms with Crippen LogP contribution in [0.15, 0.2) is 108 Å². The number of aryl methyl sites for hydroxylation is 1. The third-order valence-electron chi connectivity index (χ3n) is 6.10. The maximum absolute atomic E-state index is 13.9. The lowest BCUT2D eigenvalue weighted by molar-refractivity contribution is -0.134. The van der Waals surface area contributed by atoms with Gasteiger partial charge < -0.3 is 9.64 Å². The van der Waals surface area contributed by atoms with E-state index in [0.29, 0.717) is 5.70 Å². The fraction of sp³-hybridized carbons (Fsp3) is 0.107. The molecular weight excluding hydrogens is 460 g/mol. The van der Waals surface area contributed by atoms with Crippen LogP contribution in [-0.4, -0.2) is 31.8 Å². The quantitative estimate of drug-likeness (QED) is 0.387. The van der Waals surface area contributed by atoms with Crippen LogP contribution in [-0.2, 0) is 19.6 Å². The van der Waals surface area contributed by atoms with E-state index in [0.717, 1.165) is 22.4 Å². The molecule has 0 fully saturated rings. The zero-order chi connectivity index (χ0) is 24.6. The largest absolute Gasteiger partial charge is 0.466 e. The topological polar surface area (TPSA) is 66.9 Å². The third kappa shape index (κ3) is 4.04. The SMILES string of the molecule is COC(=O)/C=C1\C2C=Cc3ccccc3N2C(c2ccccc2)=CN1S(=O)(=O)c1ccc(C)cc1. The van der Waals surface area contributed by atoms with Crippen LogP contribution in [0.5, 0.6) is 0 Å². The average molecular weight is 485 g/mol. The number of fused-ring (bicyclic) bond motifs is 3. The molecule has 0 saturated carbocycles. The number of sulfonamides is 1. The second-order valence-electron chi connectivity index (χ2n) is 8.32. The highest BCUT2D eigenvalue weighted by Crippen LogP contribution is 2.43. The van der Waals surface area contributed by atoms with Crippen LogP contribution in [0.3, 0.4) is 0 Å². The number of hydrogen-bond donors (Lipinski definition) is 0. The Labute approximate surface area is 205 Å². The Hall–Kier alpha value is -4.10. The molecule has 2 aliphatic heterocycles. The Morgan fingerprint density at radius 3 is 2.34 bits per heavy atom. The first-order valence-electron chi connectivity index (χ1n) is 11.1. The second kappa shape index (κ2) is 8.92. The monoisotopic (exact) mass is 484 g/mol. The number of methoxy groups -OCH3 is 1. The van der Waals surface area contributed by atoms with Crippen LogP contribution in [0.25, 0.3) is 11.8 Å². The van der Waals surface area contributed by atoms with Crippen molar-refractivity contribution < 1.29 is 17.9 Å². The van der Waals surface area contributed by atoms with E-state index in [1.807, 2.05) is 73.7 Å². The van der Waals surface area contributed by atoms with Gasteiger partial charge in [0.05, 0.1) is 29.4 Å². The molecule has 0 spiro atoms. The highest BCUT2D eigenvalue weighted by atomic mass is 32.2. The van der Waals surface area contributed by atoms with Crippen LogP contribution in [0, 0.1) is 6.92 Å². The van der Waals surface area contributed by atoms with Gasteiger partial charge in [-0.3, -0.25) is 0 Å². The summed E-state index contributed by atoms with van der Waals surface area (Å²) in [5.41, 5.74) is 4.69. The zero-order valence-corrected chi connectivity index (χ0v) is 20.1. The summed E-state index contributed by atoms with van der Waals surface area (Å²) >= 11 is 0. The Morgan fingerprint density at radius 2 is 1.63 bits per heavy atom. The molecule has 2 aliphatic rings. The van der Waals surface area contributed by atoms with Gasteiger partial charge in [0.15, 0.2) is 0 Å². The predicted molar refractivity (Wildman–Crippen MR) is 136 cm³/mol. The Kier molecular flexibility index (Phi) is 5.78. The molecule has 1 unspecified atom stereocenters. The summed E-state index contributed by atoms with van der Waals surface area (Å²) in [7, 11) is -2.76.